The molecule has 0 unspecified atom stereocenters. The number of benzene rings is 1. The molecule has 0 spiro atoms. The first-order chi connectivity index (χ1) is 11.5. The molecule has 7 nitrogen and oxygen atoms in total. The van der Waals surface area contributed by atoms with E-state index in [-0.39, 0.29) is 24.8 Å². The number of aromatic nitrogens is 2. The third-order valence-corrected chi connectivity index (χ3v) is 4.34. The van der Waals surface area contributed by atoms with Gasteiger partial charge in [-0.2, -0.15) is 5.10 Å². The summed E-state index contributed by atoms with van der Waals surface area (Å²) >= 11 is 11.9. The molecule has 1 aliphatic heterocycles. The highest BCUT2D eigenvalue weighted by molar-refractivity contribution is 6.42. The molecule has 126 valence electrons. The molecule has 1 atom stereocenters. The summed E-state index contributed by atoms with van der Waals surface area (Å²) in [6, 6.07) is 6.57. The first kappa shape index (κ1) is 16.8. The van der Waals surface area contributed by atoms with E-state index in [2.05, 4.69) is 5.10 Å². The van der Waals surface area contributed by atoms with Crippen LogP contribution in [0.1, 0.15) is 10.5 Å². The van der Waals surface area contributed by atoms with E-state index in [0.717, 1.165) is 0 Å². The van der Waals surface area contributed by atoms with E-state index in [9.17, 15) is 9.59 Å². The highest BCUT2D eigenvalue weighted by Crippen LogP contribution is 2.24. The van der Waals surface area contributed by atoms with Crippen molar-refractivity contribution in [1.29, 1.82) is 0 Å². The van der Waals surface area contributed by atoms with Crippen LogP contribution in [-0.4, -0.2) is 57.5 Å². The normalized spacial score (nSPS) is 17.8. The molecule has 1 aliphatic rings. The number of morpholine rings is 1. The highest BCUT2D eigenvalue weighted by Gasteiger charge is 2.30. The third kappa shape index (κ3) is 3.38. The van der Waals surface area contributed by atoms with E-state index < -0.39 is 12.1 Å². The smallest absolute Gasteiger partial charge is 0.334 e. The van der Waals surface area contributed by atoms with Gasteiger partial charge in [0.05, 0.1) is 28.9 Å². The van der Waals surface area contributed by atoms with Gasteiger partial charge in [-0.05, 0) is 24.3 Å². The van der Waals surface area contributed by atoms with Crippen molar-refractivity contribution in [3.63, 3.8) is 0 Å². The van der Waals surface area contributed by atoms with Gasteiger partial charge in [0.2, 0.25) is 0 Å². The fourth-order valence-electron chi connectivity index (χ4n) is 2.35. The van der Waals surface area contributed by atoms with E-state index >= 15 is 0 Å². The standard InChI is InChI=1S/C15H13Cl2N3O4/c16-10-2-1-9(7-11(10)17)20-4-3-12(18-20)14(21)19-5-6-24-13(8-19)15(22)23/h1-4,7,13H,5-6,8H2,(H,22,23)/t13-/m0/s1. The molecule has 9 heteroatoms. The number of carbonyl (C=O) groups is 2. The van der Waals surface area contributed by atoms with Crippen LogP contribution in [0.2, 0.25) is 10.0 Å². The molecule has 3 rings (SSSR count). The van der Waals surface area contributed by atoms with Crippen molar-refractivity contribution in [3.8, 4) is 5.69 Å². The van der Waals surface area contributed by atoms with Gasteiger partial charge in [-0.25, -0.2) is 9.48 Å². The predicted octanol–water partition coefficient (Wildman–Crippen LogP) is 2.10. The Morgan fingerprint density at radius 3 is 2.75 bits per heavy atom. The van der Waals surface area contributed by atoms with Gasteiger partial charge in [0.15, 0.2) is 11.8 Å². The summed E-state index contributed by atoms with van der Waals surface area (Å²) in [5.74, 6) is -1.43. The van der Waals surface area contributed by atoms with Gasteiger partial charge in [0.25, 0.3) is 5.91 Å². The number of rotatable bonds is 3. The summed E-state index contributed by atoms with van der Waals surface area (Å²) < 4.78 is 6.61. The van der Waals surface area contributed by atoms with Gasteiger partial charge >= 0.3 is 5.97 Å². The number of carboxylic acid groups (broad SMARTS) is 1. The molecule has 1 aromatic heterocycles. The van der Waals surface area contributed by atoms with Crippen LogP contribution in [0.15, 0.2) is 30.5 Å². The molecule has 0 aliphatic carbocycles. The van der Waals surface area contributed by atoms with E-state index in [4.69, 9.17) is 33.0 Å². The molecule has 2 heterocycles. The number of halogens is 2. The minimum absolute atomic E-state index is 0.00615. The van der Waals surface area contributed by atoms with Crippen LogP contribution < -0.4 is 0 Å². The van der Waals surface area contributed by atoms with Gasteiger partial charge in [0, 0.05) is 12.7 Å². The maximum absolute atomic E-state index is 12.5. The van der Waals surface area contributed by atoms with Crippen molar-refractivity contribution in [1.82, 2.24) is 14.7 Å². The zero-order valence-electron chi connectivity index (χ0n) is 12.4. The van der Waals surface area contributed by atoms with Crippen LogP contribution in [-0.2, 0) is 9.53 Å². The van der Waals surface area contributed by atoms with E-state index in [1.165, 1.54) is 9.58 Å². The second-order valence-corrected chi connectivity index (χ2v) is 6.01. The lowest BCUT2D eigenvalue weighted by Gasteiger charge is -2.30. The molecule has 0 bridgehead atoms. The van der Waals surface area contributed by atoms with E-state index in [1.54, 1.807) is 30.5 Å². The first-order valence-electron chi connectivity index (χ1n) is 7.10. The van der Waals surface area contributed by atoms with Crippen LogP contribution in [0.5, 0.6) is 0 Å². The minimum Gasteiger partial charge on any atom is -0.479 e. The third-order valence-electron chi connectivity index (χ3n) is 3.61. The van der Waals surface area contributed by atoms with Crippen LogP contribution in [0, 0.1) is 0 Å². The van der Waals surface area contributed by atoms with Gasteiger partial charge in [-0.15, -0.1) is 0 Å². The molecular formula is C15H13Cl2N3O4. The Labute approximate surface area is 147 Å². The first-order valence-corrected chi connectivity index (χ1v) is 7.86. The molecule has 1 fully saturated rings. The van der Waals surface area contributed by atoms with Crippen molar-refractivity contribution in [2.75, 3.05) is 19.7 Å². The second kappa shape index (κ2) is 6.80. The van der Waals surface area contributed by atoms with Crippen molar-refractivity contribution in [3.05, 3.63) is 46.2 Å². The van der Waals surface area contributed by atoms with Crippen molar-refractivity contribution < 1.29 is 19.4 Å². The summed E-state index contributed by atoms with van der Waals surface area (Å²) in [5.41, 5.74) is 0.876. The summed E-state index contributed by atoms with van der Waals surface area (Å²) in [7, 11) is 0. The fraction of sp³-hybridized carbons (Fsp3) is 0.267. The molecule has 1 N–H and O–H groups in total. The molecular weight excluding hydrogens is 357 g/mol. The number of hydrogen-bond donors (Lipinski definition) is 1. The average Bonchev–Trinajstić information content (AvgIpc) is 3.06. The molecule has 1 amide bonds. The van der Waals surface area contributed by atoms with E-state index in [0.29, 0.717) is 22.3 Å². The number of hydrogen-bond acceptors (Lipinski definition) is 4. The lowest BCUT2D eigenvalue weighted by molar-refractivity contribution is -0.154. The monoisotopic (exact) mass is 369 g/mol. The Hall–Kier alpha value is -2.09. The Balaban J connectivity index is 1.78. The van der Waals surface area contributed by atoms with Gasteiger partial charge in [-0.3, -0.25) is 4.79 Å². The van der Waals surface area contributed by atoms with Crippen LogP contribution >= 0.6 is 23.2 Å². The zero-order valence-corrected chi connectivity index (χ0v) is 13.9. The number of carbonyl (C=O) groups excluding carboxylic acids is 1. The maximum atomic E-state index is 12.5. The van der Waals surface area contributed by atoms with Crippen LogP contribution in [0.4, 0.5) is 0 Å². The number of nitrogens with zero attached hydrogens (tertiary/aromatic N) is 3. The lowest BCUT2D eigenvalue weighted by Crippen LogP contribution is -2.48. The number of carboxylic acids is 1. The van der Waals surface area contributed by atoms with Crippen molar-refractivity contribution in [2.45, 2.75) is 6.10 Å². The Morgan fingerprint density at radius 2 is 2.04 bits per heavy atom. The number of aliphatic carboxylic acids is 1. The van der Waals surface area contributed by atoms with Gasteiger partial charge in [0.1, 0.15) is 0 Å². The topological polar surface area (TPSA) is 84.7 Å². The van der Waals surface area contributed by atoms with Crippen molar-refractivity contribution in [2.24, 2.45) is 0 Å². The fourth-order valence-corrected chi connectivity index (χ4v) is 2.65. The number of ether oxygens (including phenoxy) is 1. The largest absolute Gasteiger partial charge is 0.479 e. The molecule has 1 saturated heterocycles. The maximum Gasteiger partial charge on any atom is 0.334 e. The van der Waals surface area contributed by atoms with Gasteiger partial charge in [-0.1, -0.05) is 23.2 Å². The number of amides is 1. The highest BCUT2D eigenvalue weighted by atomic mass is 35.5. The lowest BCUT2D eigenvalue weighted by atomic mass is 10.2. The molecule has 1 aromatic carbocycles. The summed E-state index contributed by atoms with van der Waals surface area (Å²) in [4.78, 5) is 24.9. The Kier molecular flexibility index (Phi) is 4.75. The summed E-state index contributed by atoms with van der Waals surface area (Å²) in [6.45, 7) is 0.492. The quantitative estimate of drug-likeness (QED) is 0.895. The minimum atomic E-state index is -1.09. The van der Waals surface area contributed by atoms with Crippen LogP contribution in [0.3, 0.4) is 0 Å². The second-order valence-electron chi connectivity index (χ2n) is 5.19. The van der Waals surface area contributed by atoms with E-state index in [1.807, 2.05) is 0 Å². The summed E-state index contributed by atoms with van der Waals surface area (Å²) in [6.07, 6.45) is 0.613. The molecule has 2 aromatic rings. The Morgan fingerprint density at radius 1 is 1.25 bits per heavy atom. The molecule has 0 saturated carbocycles. The van der Waals surface area contributed by atoms with Gasteiger partial charge < -0.3 is 14.7 Å². The SMILES string of the molecule is O=C(O)[C@@H]1CN(C(=O)c2ccn(-c3ccc(Cl)c(Cl)c3)n2)CCO1. The van der Waals surface area contributed by atoms with Crippen molar-refractivity contribution >= 4 is 35.1 Å². The predicted molar refractivity (Wildman–Crippen MR) is 86.9 cm³/mol. The molecule has 0 radical (unpaired) electrons. The summed E-state index contributed by atoms with van der Waals surface area (Å²) in [5, 5.41) is 14.0. The zero-order chi connectivity index (χ0) is 17.3. The molecule has 24 heavy (non-hydrogen) atoms. The Bertz CT molecular complexity index is 793. The average molecular weight is 370 g/mol. The van der Waals surface area contributed by atoms with Crippen LogP contribution in [0.25, 0.3) is 5.69 Å².